The molecule has 0 bridgehead atoms. The van der Waals surface area contributed by atoms with E-state index in [0.717, 1.165) is 92.2 Å². The van der Waals surface area contributed by atoms with Crippen molar-refractivity contribution in [2.24, 2.45) is 17.8 Å². The molecule has 1 aliphatic heterocycles. The summed E-state index contributed by atoms with van der Waals surface area (Å²) in [7, 11) is -2.74. The van der Waals surface area contributed by atoms with Crippen LogP contribution in [-0.4, -0.2) is 30.2 Å². The molecule has 4 atom stereocenters. The summed E-state index contributed by atoms with van der Waals surface area (Å²) >= 11 is 0. The van der Waals surface area contributed by atoms with E-state index in [4.69, 9.17) is 14.0 Å². The fraction of sp³-hybridized carbons (Fsp3) is 0.816. The zero-order valence-electron chi connectivity index (χ0n) is 30.8. The van der Waals surface area contributed by atoms with Crippen molar-refractivity contribution in [3.63, 3.8) is 0 Å². The molecule has 1 heterocycles. The summed E-state index contributed by atoms with van der Waals surface area (Å²) in [4.78, 5) is 22.0. The Morgan fingerprint density at radius 2 is 1.43 bits per heavy atom. The lowest BCUT2D eigenvalue weighted by molar-refractivity contribution is -0.134. The number of phosphoric acid groups is 1. The number of fused-ring (bicyclic) bond motifs is 1. The maximum atomic E-state index is 12.8. The molecule has 1 aromatic rings. The van der Waals surface area contributed by atoms with Crippen LogP contribution in [0.2, 0.25) is 0 Å². The molecule has 7 nitrogen and oxygen atoms in total. The molecule has 0 aliphatic carbocycles. The number of carbonyl (C=O) groups is 1. The summed E-state index contributed by atoms with van der Waals surface area (Å²) in [6.07, 6.45) is 18.0. The maximum absolute atomic E-state index is 12.8. The van der Waals surface area contributed by atoms with Crippen molar-refractivity contribution in [1.29, 1.82) is 0 Å². The molecule has 0 aromatic heterocycles. The van der Waals surface area contributed by atoms with Gasteiger partial charge < -0.3 is 14.4 Å². The zero-order chi connectivity index (χ0) is 34.3. The highest BCUT2D eigenvalue weighted by Gasteiger charge is 2.35. The molecule has 2 rings (SSSR count). The topological polar surface area (TPSA) is 91.3 Å². The fourth-order valence-corrected chi connectivity index (χ4v) is 7.18. The molecule has 0 saturated carbocycles. The maximum Gasteiger partial charge on any atom is 0.471 e. The number of hydrogen-bond donors (Lipinski definition) is 1. The van der Waals surface area contributed by atoms with Gasteiger partial charge in [-0.3, -0.25) is 13.8 Å². The number of benzene rings is 1. The van der Waals surface area contributed by atoms with Crippen LogP contribution >= 0.6 is 7.82 Å². The van der Waals surface area contributed by atoms with Gasteiger partial charge in [-0.2, -0.15) is 0 Å². The van der Waals surface area contributed by atoms with Crippen molar-refractivity contribution < 1.29 is 32.8 Å². The third-order valence-corrected chi connectivity index (χ3v) is 11.0. The van der Waals surface area contributed by atoms with Gasteiger partial charge in [0.05, 0.1) is 6.61 Å². The first-order valence-corrected chi connectivity index (χ1v) is 19.7. The first-order chi connectivity index (χ1) is 21.7. The molecule has 1 aromatic carbocycles. The molecule has 0 spiro atoms. The van der Waals surface area contributed by atoms with Crippen molar-refractivity contribution >= 4 is 13.8 Å². The van der Waals surface area contributed by atoms with Crippen LogP contribution in [-0.2, 0) is 24.8 Å². The van der Waals surface area contributed by atoms with Crippen LogP contribution in [0.25, 0.3) is 0 Å². The highest BCUT2D eigenvalue weighted by Crippen LogP contribution is 2.45. The van der Waals surface area contributed by atoms with Crippen LogP contribution in [0.15, 0.2) is 0 Å². The lowest BCUT2D eigenvalue weighted by atomic mass is 9.83. The Morgan fingerprint density at radius 1 is 0.848 bits per heavy atom. The highest BCUT2D eigenvalue weighted by molar-refractivity contribution is 7.47. The van der Waals surface area contributed by atoms with Gasteiger partial charge in [0.2, 0.25) is 0 Å². The third kappa shape index (κ3) is 14.4. The Bertz CT molecular complexity index is 1120. The van der Waals surface area contributed by atoms with Crippen LogP contribution in [0.3, 0.4) is 0 Å². The van der Waals surface area contributed by atoms with Crippen molar-refractivity contribution in [1.82, 2.24) is 0 Å². The Hall–Kier alpha value is -1.40. The lowest BCUT2D eigenvalue weighted by Crippen LogP contribution is -2.37. The average molecular weight is 667 g/mol. The number of ether oxygens (including phenoxy) is 2. The summed E-state index contributed by atoms with van der Waals surface area (Å²) in [5, 5.41) is 0. The van der Waals surface area contributed by atoms with E-state index in [0.29, 0.717) is 18.6 Å². The summed E-state index contributed by atoms with van der Waals surface area (Å²) < 4.78 is 33.3. The molecule has 46 heavy (non-hydrogen) atoms. The highest BCUT2D eigenvalue weighted by atomic mass is 31.2. The molecular formula is C38H67O7P. The predicted octanol–water partition coefficient (Wildman–Crippen LogP) is 11.1. The molecule has 0 fully saturated rings. The van der Waals surface area contributed by atoms with E-state index in [-0.39, 0.29) is 18.2 Å². The molecular weight excluding hydrogens is 599 g/mol. The minimum absolute atomic E-state index is 0.160. The van der Waals surface area contributed by atoms with E-state index in [9.17, 15) is 14.3 Å². The Morgan fingerprint density at radius 3 is 2.07 bits per heavy atom. The zero-order valence-corrected chi connectivity index (χ0v) is 31.7. The second kappa shape index (κ2) is 20.2. The van der Waals surface area contributed by atoms with Gasteiger partial charge in [-0.1, -0.05) is 91.9 Å². The fourth-order valence-electron chi connectivity index (χ4n) is 6.71. The Labute approximate surface area is 281 Å². The molecule has 1 N–H and O–H groups in total. The number of phosphoric ester groups is 1. The minimum atomic E-state index is -3.89. The van der Waals surface area contributed by atoms with Gasteiger partial charge in [0, 0.05) is 19.1 Å². The van der Waals surface area contributed by atoms with Gasteiger partial charge >= 0.3 is 13.8 Å². The molecule has 0 amide bonds. The van der Waals surface area contributed by atoms with Crippen molar-refractivity contribution in [3.05, 3.63) is 22.3 Å². The van der Waals surface area contributed by atoms with Crippen LogP contribution < -0.4 is 9.47 Å². The van der Waals surface area contributed by atoms with Crippen LogP contribution in [0.1, 0.15) is 160 Å². The number of carbonyl (C=O) groups excluding carboxylic acids is 1. The SMILES string of the molecule is COP(=O)(O)OCCCCCCCC(=O)Oc1c(C)c(C)c2c(c1C)CCC(C)(CCCC(C)CCCC(C)CCCC(C)C)O2. The van der Waals surface area contributed by atoms with Crippen molar-refractivity contribution in [2.45, 2.75) is 170 Å². The predicted molar refractivity (Wildman–Crippen MR) is 189 cm³/mol. The van der Waals surface area contributed by atoms with Crippen molar-refractivity contribution in [3.8, 4) is 11.5 Å². The standard InChI is InChI=1S/C38H67O7P/c1-28(2)18-15-19-29(3)20-16-21-30(4)22-17-25-38(8)26-24-34-33(7)36(31(5)32(6)37(34)45-38)44-35(39)23-13-11-10-12-14-27-43-46(40,41)42-9/h28-30H,10-27H2,1-9H3,(H,40,41). The van der Waals surface area contributed by atoms with E-state index in [1.165, 1.54) is 56.9 Å². The van der Waals surface area contributed by atoms with Gasteiger partial charge in [0.25, 0.3) is 0 Å². The second-order valence-corrected chi connectivity index (χ2v) is 16.5. The molecule has 0 radical (unpaired) electrons. The second-order valence-electron chi connectivity index (χ2n) is 14.9. The quantitative estimate of drug-likeness (QED) is 0.0538. The van der Waals surface area contributed by atoms with Gasteiger partial charge in [-0.25, -0.2) is 4.57 Å². The number of unbranched alkanes of at least 4 members (excludes halogenated alkanes) is 4. The van der Waals surface area contributed by atoms with Gasteiger partial charge in [-0.15, -0.1) is 0 Å². The largest absolute Gasteiger partial charge is 0.487 e. The van der Waals surface area contributed by atoms with E-state index in [1.807, 2.05) is 6.92 Å². The average Bonchev–Trinajstić information content (AvgIpc) is 2.99. The summed E-state index contributed by atoms with van der Waals surface area (Å²) in [6, 6.07) is 0. The van der Waals surface area contributed by atoms with Crippen LogP contribution in [0, 0.1) is 38.5 Å². The van der Waals surface area contributed by atoms with E-state index in [1.54, 1.807) is 0 Å². The minimum Gasteiger partial charge on any atom is -0.487 e. The molecule has 4 unspecified atom stereocenters. The lowest BCUT2D eigenvalue weighted by Gasteiger charge is -2.38. The normalized spacial score (nSPS) is 18.9. The molecule has 1 aliphatic rings. The van der Waals surface area contributed by atoms with Crippen LogP contribution in [0.5, 0.6) is 11.5 Å². The number of esters is 1. The van der Waals surface area contributed by atoms with Gasteiger partial charge in [-0.05, 0) is 101 Å². The summed E-state index contributed by atoms with van der Waals surface area (Å²) in [5.41, 5.74) is 4.11. The number of hydrogen-bond acceptors (Lipinski definition) is 6. The van der Waals surface area contributed by atoms with E-state index >= 15 is 0 Å². The first-order valence-electron chi connectivity index (χ1n) is 18.2. The Balaban J connectivity index is 1.77. The Kier molecular flexibility index (Phi) is 17.9. The molecule has 0 saturated heterocycles. The van der Waals surface area contributed by atoms with E-state index < -0.39 is 7.82 Å². The van der Waals surface area contributed by atoms with Gasteiger partial charge in [0.15, 0.2) is 0 Å². The third-order valence-electron chi connectivity index (χ3n) is 10.1. The molecule has 8 heteroatoms. The van der Waals surface area contributed by atoms with Gasteiger partial charge in [0.1, 0.15) is 17.1 Å². The first kappa shape index (κ1) is 40.8. The smallest absolute Gasteiger partial charge is 0.471 e. The number of rotatable bonds is 23. The molecule has 266 valence electrons. The monoisotopic (exact) mass is 666 g/mol. The van der Waals surface area contributed by atoms with Crippen LogP contribution in [0.4, 0.5) is 0 Å². The van der Waals surface area contributed by atoms with Crippen molar-refractivity contribution in [2.75, 3.05) is 13.7 Å². The summed E-state index contributed by atoms with van der Waals surface area (Å²) in [6.45, 7) is 18.1. The summed E-state index contributed by atoms with van der Waals surface area (Å²) in [5.74, 6) is 3.92. The van der Waals surface area contributed by atoms with E-state index in [2.05, 4.69) is 53.0 Å².